The van der Waals surface area contributed by atoms with E-state index in [1.807, 2.05) is 54.6 Å². The fraction of sp³-hybridized carbons (Fsp3) is 0.174. The first-order chi connectivity index (χ1) is 13.8. The molecule has 0 fully saturated rings. The molecule has 0 aliphatic heterocycles. The van der Waals surface area contributed by atoms with Crippen molar-refractivity contribution in [2.45, 2.75) is 13.0 Å². The minimum absolute atomic E-state index is 0.477. The number of fused-ring (bicyclic) bond motifs is 1. The number of nitrogens with zero attached hydrogens (tertiary/aromatic N) is 2. The number of benzene rings is 2. The molecule has 28 heavy (non-hydrogen) atoms. The average Bonchev–Trinajstić information content (AvgIpc) is 3.37. The minimum Gasteiger partial charge on any atom is -0.493 e. The van der Waals surface area contributed by atoms with Gasteiger partial charge in [-0.05, 0) is 48.4 Å². The molecule has 0 saturated heterocycles. The zero-order valence-corrected chi connectivity index (χ0v) is 15.8. The number of hydrogen-bond acceptors (Lipinski definition) is 4. The Morgan fingerprint density at radius 2 is 2.00 bits per heavy atom. The van der Waals surface area contributed by atoms with E-state index in [1.165, 1.54) is 0 Å². The number of methoxy groups -OCH3 is 1. The standard InChI is InChI=1S/C23H22N2O3/c1-3-7-17-11-12-20(22(16-17)26-2)28-15-13-25-19-9-5-4-8-18(19)24-23(25)21-10-6-14-27-21/h3-6,8-12,14,16H,1,7,13,15H2,2H3. The molecule has 142 valence electrons. The van der Waals surface area contributed by atoms with Gasteiger partial charge in [0.15, 0.2) is 23.1 Å². The summed E-state index contributed by atoms with van der Waals surface area (Å²) in [5.74, 6) is 2.98. The van der Waals surface area contributed by atoms with E-state index in [0.717, 1.165) is 46.1 Å². The molecule has 2 aromatic heterocycles. The van der Waals surface area contributed by atoms with Gasteiger partial charge in [-0.25, -0.2) is 4.98 Å². The Balaban J connectivity index is 1.57. The summed E-state index contributed by atoms with van der Waals surface area (Å²) in [4.78, 5) is 4.73. The Kier molecular flexibility index (Phi) is 5.15. The Morgan fingerprint density at radius 1 is 1.11 bits per heavy atom. The normalized spacial score (nSPS) is 10.9. The molecule has 0 saturated carbocycles. The van der Waals surface area contributed by atoms with E-state index < -0.39 is 0 Å². The largest absolute Gasteiger partial charge is 0.493 e. The highest BCUT2D eigenvalue weighted by Gasteiger charge is 2.14. The van der Waals surface area contributed by atoms with Gasteiger partial charge in [-0.1, -0.05) is 24.3 Å². The number of rotatable bonds is 8. The van der Waals surface area contributed by atoms with Crippen molar-refractivity contribution in [2.75, 3.05) is 13.7 Å². The molecule has 0 atom stereocenters. The molecule has 4 rings (SSSR count). The molecule has 2 heterocycles. The van der Waals surface area contributed by atoms with Crippen molar-refractivity contribution in [1.82, 2.24) is 9.55 Å². The van der Waals surface area contributed by atoms with Crippen LogP contribution in [0.1, 0.15) is 5.56 Å². The van der Waals surface area contributed by atoms with E-state index in [-0.39, 0.29) is 0 Å². The summed E-state index contributed by atoms with van der Waals surface area (Å²) in [6.45, 7) is 4.89. The molecule has 0 spiro atoms. The van der Waals surface area contributed by atoms with Gasteiger partial charge in [-0.2, -0.15) is 0 Å². The summed E-state index contributed by atoms with van der Waals surface area (Å²) in [5.41, 5.74) is 3.12. The van der Waals surface area contributed by atoms with Crippen molar-refractivity contribution < 1.29 is 13.9 Å². The second kappa shape index (κ2) is 8.05. The lowest BCUT2D eigenvalue weighted by molar-refractivity contribution is 0.281. The van der Waals surface area contributed by atoms with Crippen LogP contribution in [0, 0.1) is 0 Å². The fourth-order valence-corrected chi connectivity index (χ4v) is 3.27. The van der Waals surface area contributed by atoms with Crippen molar-refractivity contribution in [1.29, 1.82) is 0 Å². The van der Waals surface area contributed by atoms with Crippen molar-refractivity contribution in [3.63, 3.8) is 0 Å². The number of para-hydroxylation sites is 2. The van der Waals surface area contributed by atoms with Crippen LogP contribution in [0.15, 0.2) is 77.9 Å². The van der Waals surface area contributed by atoms with Crippen LogP contribution in [-0.4, -0.2) is 23.3 Å². The molecule has 0 N–H and O–H groups in total. The Labute approximate surface area is 163 Å². The smallest absolute Gasteiger partial charge is 0.177 e. The second-order valence-electron chi connectivity index (χ2n) is 6.38. The van der Waals surface area contributed by atoms with Crippen LogP contribution >= 0.6 is 0 Å². The highest BCUT2D eigenvalue weighted by molar-refractivity contribution is 5.79. The summed E-state index contributed by atoms with van der Waals surface area (Å²) in [6, 6.07) is 17.8. The van der Waals surface area contributed by atoms with Crippen LogP contribution in [0.4, 0.5) is 0 Å². The number of hydrogen-bond donors (Lipinski definition) is 0. The number of allylic oxidation sites excluding steroid dienone is 1. The summed E-state index contributed by atoms with van der Waals surface area (Å²) in [5, 5.41) is 0. The molecule has 5 heteroatoms. The van der Waals surface area contributed by atoms with E-state index in [4.69, 9.17) is 18.9 Å². The highest BCUT2D eigenvalue weighted by atomic mass is 16.5. The fourth-order valence-electron chi connectivity index (χ4n) is 3.27. The first-order valence-corrected chi connectivity index (χ1v) is 9.20. The van der Waals surface area contributed by atoms with E-state index in [9.17, 15) is 0 Å². The van der Waals surface area contributed by atoms with Crippen LogP contribution in [0.2, 0.25) is 0 Å². The van der Waals surface area contributed by atoms with Gasteiger partial charge >= 0.3 is 0 Å². The Hall–Kier alpha value is -3.47. The topological polar surface area (TPSA) is 49.4 Å². The predicted molar refractivity (Wildman–Crippen MR) is 110 cm³/mol. The van der Waals surface area contributed by atoms with Gasteiger partial charge in [0.2, 0.25) is 0 Å². The van der Waals surface area contributed by atoms with Gasteiger partial charge in [0.1, 0.15) is 6.61 Å². The summed E-state index contributed by atoms with van der Waals surface area (Å²) in [7, 11) is 1.65. The van der Waals surface area contributed by atoms with Crippen molar-refractivity contribution in [2.24, 2.45) is 0 Å². The minimum atomic E-state index is 0.477. The lowest BCUT2D eigenvalue weighted by Gasteiger charge is -2.13. The van der Waals surface area contributed by atoms with Gasteiger partial charge < -0.3 is 18.5 Å². The zero-order valence-electron chi connectivity index (χ0n) is 15.8. The predicted octanol–water partition coefficient (Wildman–Crippen LogP) is 5.11. The quantitative estimate of drug-likeness (QED) is 0.402. The van der Waals surface area contributed by atoms with Gasteiger partial charge in [0.05, 0.1) is 31.0 Å². The summed E-state index contributed by atoms with van der Waals surface area (Å²) in [6.07, 6.45) is 4.32. The SMILES string of the molecule is C=CCc1ccc(OCCn2c(-c3ccco3)nc3ccccc32)c(OC)c1. The first kappa shape index (κ1) is 17.9. The Morgan fingerprint density at radius 3 is 2.79 bits per heavy atom. The third kappa shape index (κ3) is 3.51. The Bertz CT molecular complexity index is 1080. The number of ether oxygens (including phenoxy) is 2. The van der Waals surface area contributed by atoms with Crippen LogP contribution in [0.25, 0.3) is 22.6 Å². The lowest BCUT2D eigenvalue weighted by Crippen LogP contribution is -2.10. The number of aromatic nitrogens is 2. The van der Waals surface area contributed by atoms with Crippen LogP contribution < -0.4 is 9.47 Å². The molecule has 0 unspecified atom stereocenters. The molecular formula is C23H22N2O3. The molecule has 0 radical (unpaired) electrons. The van der Waals surface area contributed by atoms with Crippen LogP contribution in [0.5, 0.6) is 11.5 Å². The van der Waals surface area contributed by atoms with Crippen molar-refractivity contribution in [3.05, 3.63) is 79.1 Å². The molecule has 4 aromatic rings. The van der Waals surface area contributed by atoms with Gasteiger partial charge in [0.25, 0.3) is 0 Å². The lowest BCUT2D eigenvalue weighted by atomic mass is 10.1. The maximum Gasteiger partial charge on any atom is 0.177 e. The molecule has 0 amide bonds. The van der Waals surface area contributed by atoms with Gasteiger partial charge in [-0.15, -0.1) is 6.58 Å². The van der Waals surface area contributed by atoms with Crippen molar-refractivity contribution in [3.8, 4) is 23.1 Å². The van der Waals surface area contributed by atoms with Crippen LogP contribution in [-0.2, 0) is 13.0 Å². The van der Waals surface area contributed by atoms with Gasteiger partial charge in [-0.3, -0.25) is 0 Å². The maximum absolute atomic E-state index is 6.03. The number of imidazole rings is 1. The third-order valence-electron chi connectivity index (χ3n) is 4.58. The van der Waals surface area contributed by atoms with E-state index in [0.29, 0.717) is 13.2 Å². The molecule has 0 aliphatic carbocycles. The molecule has 0 bridgehead atoms. The highest BCUT2D eigenvalue weighted by Crippen LogP contribution is 2.29. The summed E-state index contributed by atoms with van der Waals surface area (Å²) < 4.78 is 19.2. The summed E-state index contributed by atoms with van der Waals surface area (Å²) >= 11 is 0. The van der Waals surface area contributed by atoms with E-state index in [2.05, 4.69) is 17.2 Å². The number of furan rings is 1. The van der Waals surface area contributed by atoms with Gasteiger partial charge in [0, 0.05) is 0 Å². The molecule has 5 nitrogen and oxygen atoms in total. The maximum atomic E-state index is 6.03. The molecular weight excluding hydrogens is 352 g/mol. The first-order valence-electron chi connectivity index (χ1n) is 9.20. The van der Waals surface area contributed by atoms with Crippen molar-refractivity contribution >= 4 is 11.0 Å². The molecule has 2 aromatic carbocycles. The third-order valence-corrected chi connectivity index (χ3v) is 4.58. The second-order valence-corrected chi connectivity index (χ2v) is 6.38. The van der Waals surface area contributed by atoms with E-state index in [1.54, 1.807) is 13.4 Å². The zero-order chi connectivity index (χ0) is 19.3. The average molecular weight is 374 g/mol. The molecule has 0 aliphatic rings. The monoisotopic (exact) mass is 374 g/mol. The van der Waals surface area contributed by atoms with E-state index >= 15 is 0 Å². The van der Waals surface area contributed by atoms with Crippen LogP contribution in [0.3, 0.4) is 0 Å².